The van der Waals surface area contributed by atoms with E-state index in [4.69, 9.17) is 11.6 Å². The fraction of sp³-hybridized carbons (Fsp3) is 0.300. The molecule has 0 atom stereocenters. The van der Waals surface area contributed by atoms with Crippen molar-refractivity contribution in [1.29, 1.82) is 0 Å². The molecule has 8 nitrogen and oxygen atoms in total. The smallest absolute Gasteiger partial charge is 0.256 e. The van der Waals surface area contributed by atoms with Crippen LogP contribution in [0.25, 0.3) is 5.95 Å². The number of amides is 1. The Bertz CT molecular complexity index is 571. The summed E-state index contributed by atoms with van der Waals surface area (Å²) in [4.78, 5) is 25.0. The van der Waals surface area contributed by atoms with Gasteiger partial charge in [-0.2, -0.15) is 20.1 Å². The van der Waals surface area contributed by atoms with Crippen LogP contribution in [0.1, 0.15) is 0 Å². The minimum atomic E-state index is -0.153. The molecule has 0 aliphatic carbocycles. The van der Waals surface area contributed by atoms with Crippen LogP contribution in [0.3, 0.4) is 0 Å². The normalized spacial score (nSPS) is 10.3. The summed E-state index contributed by atoms with van der Waals surface area (Å²) in [6.07, 6.45) is 3.29. The second-order valence-corrected chi connectivity index (χ2v) is 4.02. The number of hydrogen-bond donors (Lipinski definition) is 1. The molecule has 0 aliphatic heterocycles. The molecule has 0 radical (unpaired) electrons. The lowest BCUT2D eigenvalue weighted by Gasteiger charge is -2.16. The summed E-state index contributed by atoms with van der Waals surface area (Å²) >= 11 is 5.85. The molecule has 1 amide bonds. The van der Waals surface area contributed by atoms with Crippen molar-refractivity contribution < 1.29 is 4.79 Å². The molecule has 19 heavy (non-hydrogen) atoms. The van der Waals surface area contributed by atoms with Crippen LogP contribution >= 0.6 is 11.6 Å². The number of halogens is 1. The van der Waals surface area contributed by atoms with Crippen LogP contribution in [0, 0.1) is 0 Å². The van der Waals surface area contributed by atoms with Crippen LogP contribution in [-0.4, -0.2) is 51.3 Å². The number of rotatable bonds is 4. The Balaban J connectivity index is 2.29. The Kier molecular flexibility index (Phi) is 3.91. The Morgan fingerprint density at radius 2 is 2.26 bits per heavy atom. The van der Waals surface area contributed by atoms with Gasteiger partial charge < -0.3 is 10.2 Å². The maximum absolute atomic E-state index is 11.3. The molecular formula is C10H12ClN7O. The molecule has 0 unspecified atom stereocenters. The van der Waals surface area contributed by atoms with E-state index in [1.807, 2.05) is 0 Å². The molecule has 0 aromatic carbocycles. The number of nitrogens with one attached hydrogen (secondary N) is 1. The number of aromatic nitrogens is 5. The SMILES string of the molecule is CNC(=O)CN(C)c1nc(Cl)nc(-n2cccn2)n1. The molecule has 2 aromatic rings. The van der Waals surface area contributed by atoms with Crippen molar-refractivity contribution in [2.45, 2.75) is 0 Å². The van der Waals surface area contributed by atoms with E-state index < -0.39 is 0 Å². The highest BCUT2D eigenvalue weighted by Crippen LogP contribution is 2.11. The van der Waals surface area contributed by atoms with Gasteiger partial charge in [-0.15, -0.1) is 0 Å². The average Bonchev–Trinajstić information content (AvgIpc) is 2.91. The van der Waals surface area contributed by atoms with Gasteiger partial charge in [-0.25, -0.2) is 4.68 Å². The monoisotopic (exact) mass is 281 g/mol. The van der Waals surface area contributed by atoms with Crippen molar-refractivity contribution in [1.82, 2.24) is 30.0 Å². The van der Waals surface area contributed by atoms with E-state index in [1.54, 1.807) is 37.5 Å². The van der Waals surface area contributed by atoms with Gasteiger partial charge in [0, 0.05) is 26.5 Å². The number of likely N-dealkylation sites (N-methyl/N-ethyl adjacent to an activating group) is 2. The highest BCUT2D eigenvalue weighted by atomic mass is 35.5. The van der Waals surface area contributed by atoms with Gasteiger partial charge in [0.05, 0.1) is 6.54 Å². The summed E-state index contributed by atoms with van der Waals surface area (Å²) in [6.45, 7) is 0.120. The highest BCUT2D eigenvalue weighted by Gasteiger charge is 2.13. The van der Waals surface area contributed by atoms with E-state index in [2.05, 4.69) is 25.4 Å². The summed E-state index contributed by atoms with van der Waals surface area (Å²) in [7, 11) is 3.25. The average molecular weight is 282 g/mol. The first-order valence-corrected chi connectivity index (χ1v) is 5.81. The van der Waals surface area contributed by atoms with Crippen LogP contribution in [-0.2, 0) is 4.79 Å². The highest BCUT2D eigenvalue weighted by molar-refractivity contribution is 6.28. The van der Waals surface area contributed by atoms with Gasteiger partial charge >= 0.3 is 0 Å². The van der Waals surface area contributed by atoms with E-state index in [0.29, 0.717) is 11.9 Å². The summed E-state index contributed by atoms with van der Waals surface area (Å²) in [5.41, 5.74) is 0. The maximum Gasteiger partial charge on any atom is 0.256 e. The molecule has 0 saturated carbocycles. The molecule has 100 valence electrons. The van der Waals surface area contributed by atoms with Crippen LogP contribution in [0.15, 0.2) is 18.5 Å². The van der Waals surface area contributed by atoms with Gasteiger partial charge in [-0.1, -0.05) is 0 Å². The van der Waals surface area contributed by atoms with Crippen molar-refractivity contribution >= 4 is 23.5 Å². The number of carbonyl (C=O) groups is 1. The van der Waals surface area contributed by atoms with Gasteiger partial charge in [0.2, 0.25) is 17.1 Å². The van der Waals surface area contributed by atoms with Gasteiger partial charge in [0.1, 0.15) is 0 Å². The first kappa shape index (κ1) is 13.2. The predicted molar refractivity (Wildman–Crippen MR) is 69.3 cm³/mol. The lowest BCUT2D eigenvalue weighted by atomic mass is 10.5. The quantitative estimate of drug-likeness (QED) is 0.841. The van der Waals surface area contributed by atoms with Crippen molar-refractivity contribution in [3.05, 3.63) is 23.7 Å². The van der Waals surface area contributed by atoms with E-state index >= 15 is 0 Å². The number of carbonyl (C=O) groups excluding carboxylic acids is 1. The number of anilines is 1. The summed E-state index contributed by atoms with van der Waals surface area (Å²) in [5, 5.41) is 6.57. The standard InChI is InChI=1S/C10H12ClN7O/c1-12-7(19)6-17(2)9-14-8(11)15-10(16-9)18-5-3-4-13-18/h3-5H,6H2,1-2H3,(H,12,19). The van der Waals surface area contributed by atoms with Crippen LogP contribution in [0.5, 0.6) is 0 Å². The molecule has 0 fully saturated rings. The first-order chi connectivity index (χ1) is 9.10. The van der Waals surface area contributed by atoms with Crippen molar-refractivity contribution in [2.24, 2.45) is 0 Å². The zero-order valence-electron chi connectivity index (χ0n) is 10.4. The minimum absolute atomic E-state index is 0.0410. The van der Waals surface area contributed by atoms with Crippen molar-refractivity contribution in [2.75, 3.05) is 25.5 Å². The second-order valence-electron chi connectivity index (χ2n) is 3.68. The lowest BCUT2D eigenvalue weighted by molar-refractivity contribution is -0.119. The largest absolute Gasteiger partial charge is 0.358 e. The van der Waals surface area contributed by atoms with Crippen molar-refractivity contribution in [3.8, 4) is 5.95 Å². The predicted octanol–water partition coefficient (Wildman–Crippen LogP) is -0.107. The molecule has 9 heteroatoms. The third-order valence-electron chi connectivity index (χ3n) is 2.29. The van der Waals surface area contributed by atoms with Crippen molar-refractivity contribution in [3.63, 3.8) is 0 Å². The van der Waals surface area contributed by atoms with E-state index in [9.17, 15) is 4.79 Å². The molecule has 0 bridgehead atoms. The Morgan fingerprint density at radius 3 is 2.89 bits per heavy atom. The Hall–Kier alpha value is -2.22. The Labute approximate surface area is 114 Å². The van der Waals surface area contributed by atoms with Gasteiger partial charge in [-0.3, -0.25) is 4.79 Å². The summed E-state index contributed by atoms with van der Waals surface area (Å²) in [6, 6.07) is 1.74. The lowest BCUT2D eigenvalue weighted by Crippen LogP contribution is -2.34. The zero-order chi connectivity index (χ0) is 13.8. The molecule has 0 saturated heterocycles. The van der Waals surface area contributed by atoms with Gasteiger partial charge in [0.25, 0.3) is 5.95 Å². The third-order valence-corrected chi connectivity index (χ3v) is 2.46. The molecular weight excluding hydrogens is 270 g/mol. The molecule has 0 spiro atoms. The molecule has 2 heterocycles. The molecule has 2 aromatic heterocycles. The number of hydrogen-bond acceptors (Lipinski definition) is 6. The minimum Gasteiger partial charge on any atom is -0.358 e. The summed E-state index contributed by atoms with van der Waals surface area (Å²) < 4.78 is 1.46. The summed E-state index contributed by atoms with van der Waals surface area (Å²) in [5.74, 6) is 0.442. The third kappa shape index (κ3) is 3.16. The van der Waals surface area contributed by atoms with Crippen LogP contribution < -0.4 is 10.2 Å². The fourth-order valence-corrected chi connectivity index (χ4v) is 1.51. The Morgan fingerprint density at radius 1 is 1.47 bits per heavy atom. The molecule has 2 rings (SSSR count). The van der Waals surface area contributed by atoms with Crippen LogP contribution in [0.2, 0.25) is 5.28 Å². The van der Waals surface area contributed by atoms with E-state index in [0.717, 1.165) is 0 Å². The second kappa shape index (κ2) is 5.61. The van der Waals surface area contributed by atoms with E-state index in [1.165, 1.54) is 4.68 Å². The van der Waals surface area contributed by atoms with E-state index in [-0.39, 0.29) is 17.7 Å². The maximum atomic E-state index is 11.3. The topological polar surface area (TPSA) is 88.8 Å². The number of nitrogens with zero attached hydrogens (tertiary/aromatic N) is 6. The first-order valence-electron chi connectivity index (χ1n) is 5.43. The molecule has 1 N–H and O–H groups in total. The van der Waals surface area contributed by atoms with Gasteiger partial charge in [0.15, 0.2) is 0 Å². The van der Waals surface area contributed by atoms with Gasteiger partial charge in [-0.05, 0) is 17.7 Å². The zero-order valence-corrected chi connectivity index (χ0v) is 11.2. The molecule has 0 aliphatic rings. The van der Waals surface area contributed by atoms with Crippen LogP contribution in [0.4, 0.5) is 5.95 Å². The fourth-order valence-electron chi connectivity index (χ4n) is 1.35.